The van der Waals surface area contributed by atoms with E-state index in [1.165, 1.54) is 0 Å². The normalized spacial score (nSPS) is 10.4. The van der Waals surface area contributed by atoms with Crippen LogP contribution in [0.25, 0.3) is 11.4 Å². The van der Waals surface area contributed by atoms with Crippen LogP contribution in [0.4, 0.5) is 0 Å². The van der Waals surface area contributed by atoms with Crippen molar-refractivity contribution in [2.45, 2.75) is 12.8 Å². The summed E-state index contributed by atoms with van der Waals surface area (Å²) in [5, 5.41) is 0. The van der Waals surface area contributed by atoms with Gasteiger partial charge in [0.2, 0.25) is 0 Å². The average Bonchev–Trinajstić information content (AvgIpc) is 2.67. The quantitative estimate of drug-likeness (QED) is 0.769. The lowest BCUT2D eigenvalue weighted by atomic mass is 10.1. The number of hydrogen-bond donors (Lipinski definition) is 1. The smallest absolute Gasteiger partial charge is 0.137 e. The van der Waals surface area contributed by atoms with E-state index >= 15 is 0 Å². The second-order valence-corrected chi connectivity index (χ2v) is 3.35. The van der Waals surface area contributed by atoms with Gasteiger partial charge in [-0.1, -0.05) is 0 Å². The third kappa shape index (κ3) is 1.63. The molecule has 2 heterocycles. The summed E-state index contributed by atoms with van der Waals surface area (Å²) in [6, 6.07) is 1.94. The largest absolute Gasteiger partial charge is 0.341 e. The third-order valence-corrected chi connectivity index (χ3v) is 2.34. The van der Waals surface area contributed by atoms with Crippen molar-refractivity contribution in [3.8, 4) is 11.4 Å². The first kappa shape index (κ1) is 9.21. The van der Waals surface area contributed by atoms with Crippen LogP contribution in [0, 0.1) is 6.92 Å². The topological polar surface area (TPSA) is 41.6 Å². The molecule has 4 heteroatoms. The Morgan fingerprint density at radius 2 is 2.29 bits per heavy atom. The van der Waals surface area contributed by atoms with Crippen LogP contribution >= 0.6 is 11.6 Å². The number of nitrogens with one attached hydrogen (secondary N) is 1. The molecular formula is C10H10ClN3. The Morgan fingerprint density at radius 3 is 2.93 bits per heavy atom. The molecular weight excluding hydrogens is 198 g/mol. The first-order valence-electron chi connectivity index (χ1n) is 4.32. The minimum Gasteiger partial charge on any atom is -0.341 e. The molecule has 2 aromatic rings. The van der Waals surface area contributed by atoms with Crippen molar-refractivity contribution in [2.75, 3.05) is 0 Å². The Hall–Kier alpha value is -1.35. The summed E-state index contributed by atoms with van der Waals surface area (Å²) in [5.41, 5.74) is 3.09. The number of nitrogens with zero attached hydrogens (tertiary/aromatic N) is 2. The lowest BCUT2D eigenvalue weighted by molar-refractivity contribution is 1.20. The summed E-state index contributed by atoms with van der Waals surface area (Å²) >= 11 is 5.68. The Balaban J connectivity index is 2.44. The van der Waals surface area contributed by atoms with Crippen LogP contribution < -0.4 is 0 Å². The monoisotopic (exact) mass is 207 g/mol. The Morgan fingerprint density at radius 1 is 1.43 bits per heavy atom. The number of aromatic amines is 1. The van der Waals surface area contributed by atoms with Crippen molar-refractivity contribution >= 4 is 11.6 Å². The van der Waals surface area contributed by atoms with Gasteiger partial charge >= 0.3 is 0 Å². The zero-order chi connectivity index (χ0) is 9.97. The van der Waals surface area contributed by atoms with Crippen LogP contribution in [-0.4, -0.2) is 15.0 Å². The zero-order valence-corrected chi connectivity index (χ0v) is 8.54. The van der Waals surface area contributed by atoms with Gasteiger partial charge in [0.05, 0.1) is 5.88 Å². The molecule has 0 fully saturated rings. The van der Waals surface area contributed by atoms with E-state index in [4.69, 9.17) is 11.6 Å². The summed E-state index contributed by atoms with van der Waals surface area (Å²) < 4.78 is 0. The molecule has 0 bridgehead atoms. The number of pyridine rings is 1. The molecule has 1 N–H and O–H groups in total. The van der Waals surface area contributed by atoms with Crippen molar-refractivity contribution in [3.05, 3.63) is 35.9 Å². The van der Waals surface area contributed by atoms with Gasteiger partial charge < -0.3 is 4.98 Å². The predicted molar refractivity (Wildman–Crippen MR) is 56.1 cm³/mol. The Kier molecular flexibility index (Phi) is 2.50. The number of aromatic nitrogens is 3. The van der Waals surface area contributed by atoms with Crippen LogP contribution in [0.1, 0.15) is 11.3 Å². The summed E-state index contributed by atoms with van der Waals surface area (Å²) in [6.07, 6.45) is 5.33. The van der Waals surface area contributed by atoms with Gasteiger partial charge in [-0.3, -0.25) is 4.98 Å². The SMILES string of the molecule is Cc1cnccc1-c1ncc(CCl)[nH]1. The van der Waals surface area contributed by atoms with Gasteiger partial charge in [0, 0.05) is 29.8 Å². The number of hydrogen-bond acceptors (Lipinski definition) is 2. The maximum absolute atomic E-state index is 5.68. The summed E-state index contributed by atoms with van der Waals surface area (Å²) in [5.74, 6) is 1.30. The minimum atomic E-state index is 0.455. The van der Waals surface area contributed by atoms with Crippen molar-refractivity contribution < 1.29 is 0 Å². The molecule has 0 radical (unpaired) electrons. The Bertz CT molecular complexity index is 436. The first-order valence-corrected chi connectivity index (χ1v) is 4.85. The molecule has 3 nitrogen and oxygen atoms in total. The third-order valence-electron chi connectivity index (χ3n) is 2.05. The van der Waals surface area contributed by atoms with E-state index < -0.39 is 0 Å². The van der Waals surface area contributed by atoms with E-state index in [1.54, 1.807) is 12.4 Å². The lowest BCUT2D eigenvalue weighted by Gasteiger charge is -1.99. The molecule has 0 amide bonds. The van der Waals surface area contributed by atoms with Gasteiger partial charge in [-0.25, -0.2) is 4.98 Å². The molecule has 72 valence electrons. The highest BCUT2D eigenvalue weighted by atomic mass is 35.5. The maximum Gasteiger partial charge on any atom is 0.137 e. The highest BCUT2D eigenvalue weighted by molar-refractivity contribution is 6.16. The molecule has 0 aliphatic rings. The number of alkyl halides is 1. The standard InChI is InChI=1S/C10H10ClN3/c1-7-5-12-3-2-9(7)10-13-6-8(4-11)14-10/h2-3,5-6H,4H2,1H3,(H,13,14). The van der Waals surface area contributed by atoms with E-state index in [1.807, 2.05) is 19.2 Å². The van der Waals surface area contributed by atoms with E-state index in [-0.39, 0.29) is 0 Å². The molecule has 14 heavy (non-hydrogen) atoms. The summed E-state index contributed by atoms with van der Waals surface area (Å²) in [6.45, 7) is 2.01. The van der Waals surface area contributed by atoms with Crippen LogP contribution in [0.3, 0.4) is 0 Å². The number of aryl methyl sites for hydroxylation is 1. The van der Waals surface area contributed by atoms with E-state index in [0.29, 0.717) is 5.88 Å². The summed E-state index contributed by atoms with van der Waals surface area (Å²) in [4.78, 5) is 11.4. The van der Waals surface area contributed by atoms with Crippen molar-refractivity contribution in [1.29, 1.82) is 0 Å². The van der Waals surface area contributed by atoms with Crippen LogP contribution in [0.5, 0.6) is 0 Å². The molecule has 2 rings (SSSR count). The second kappa shape index (κ2) is 3.80. The zero-order valence-electron chi connectivity index (χ0n) is 7.79. The minimum absolute atomic E-state index is 0.455. The fraction of sp³-hybridized carbons (Fsp3) is 0.200. The molecule has 0 aromatic carbocycles. The lowest BCUT2D eigenvalue weighted by Crippen LogP contribution is -1.86. The molecule has 0 aliphatic heterocycles. The molecule has 0 spiro atoms. The van der Waals surface area contributed by atoms with Crippen LogP contribution in [-0.2, 0) is 5.88 Å². The van der Waals surface area contributed by atoms with Crippen molar-refractivity contribution in [2.24, 2.45) is 0 Å². The van der Waals surface area contributed by atoms with E-state index in [9.17, 15) is 0 Å². The number of imidazole rings is 1. The van der Waals surface area contributed by atoms with Crippen molar-refractivity contribution in [1.82, 2.24) is 15.0 Å². The fourth-order valence-corrected chi connectivity index (χ4v) is 1.44. The Labute approximate surface area is 87.2 Å². The average molecular weight is 208 g/mol. The van der Waals surface area contributed by atoms with Crippen molar-refractivity contribution in [3.63, 3.8) is 0 Å². The van der Waals surface area contributed by atoms with Gasteiger partial charge in [0.25, 0.3) is 0 Å². The maximum atomic E-state index is 5.68. The van der Waals surface area contributed by atoms with Crippen LogP contribution in [0.15, 0.2) is 24.7 Å². The van der Waals surface area contributed by atoms with Gasteiger partial charge in [-0.15, -0.1) is 11.6 Å². The highest BCUT2D eigenvalue weighted by Crippen LogP contribution is 2.19. The molecule has 0 saturated carbocycles. The number of halogens is 1. The van der Waals surface area contributed by atoms with Gasteiger partial charge in [-0.05, 0) is 18.6 Å². The molecule has 0 unspecified atom stereocenters. The van der Waals surface area contributed by atoms with E-state index in [0.717, 1.165) is 22.6 Å². The molecule has 0 saturated heterocycles. The highest BCUT2D eigenvalue weighted by Gasteiger charge is 2.04. The second-order valence-electron chi connectivity index (χ2n) is 3.08. The van der Waals surface area contributed by atoms with Gasteiger partial charge in [-0.2, -0.15) is 0 Å². The summed E-state index contributed by atoms with van der Waals surface area (Å²) in [7, 11) is 0. The first-order chi connectivity index (χ1) is 6.81. The number of rotatable bonds is 2. The molecule has 2 aromatic heterocycles. The molecule has 0 atom stereocenters. The molecule has 0 aliphatic carbocycles. The fourth-order valence-electron chi connectivity index (χ4n) is 1.30. The van der Waals surface area contributed by atoms with Gasteiger partial charge in [0.1, 0.15) is 5.82 Å². The van der Waals surface area contributed by atoms with E-state index in [2.05, 4.69) is 15.0 Å². The predicted octanol–water partition coefficient (Wildman–Crippen LogP) is 2.52. The van der Waals surface area contributed by atoms with Gasteiger partial charge in [0.15, 0.2) is 0 Å². The van der Waals surface area contributed by atoms with Crippen LogP contribution in [0.2, 0.25) is 0 Å². The number of H-pyrrole nitrogens is 1.